The molecular formula is C21H24ClNO4. The average Bonchev–Trinajstić information content (AvgIpc) is 2.63. The van der Waals surface area contributed by atoms with Crippen molar-refractivity contribution >= 4 is 23.5 Å². The molecule has 1 heterocycles. The Morgan fingerprint density at radius 2 is 2.07 bits per heavy atom. The normalized spacial score (nSPS) is 12.1. The number of allylic oxidation sites excluding steroid dienone is 1. The van der Waals surface area contributed by atoms with E-state index in [0.717, 1.165) is 5.56 Å². The third-order valence-electron chi connectivity index (χ3n) is 3.66. The Balaban J connectivity index is 1.96. The smallest absolute Gasteiger partial charge is 0.219 e. The van der Waals surface area contributed by atoms with Gasteiger partial charge in [0.25, 0.3) is 0 Å². The average molecular weight is 390 g/mol. The van der Waals surface area contributed by atoms with Gasteiger partial charge in [-0.1, -0.05) is 30.7 Å². The molecule has 1 atom stereocenters. The van der Waals surface area contributed by atoms with Crippen LogP contribution in [0.15, 0.2) is 42.6 Å². The predicted octanol–water partition coefficient (Wildman–Crippen LogP) is 5.18. The highest BCUT2D eigenvalue weighted by atomic mass is 35.5. The fraction of sp³-hybridized carbons (Fsp3) is 0.333. The summed E-state index contributed by atoms with van der Waals surface area (Å²) in [7, 11) is 1.62. The second-order valence-electron chi connectivity index (χ2n) is 6.21. The molecule has 6 heteroatoms. The Morgan fingerprint density at radius 3 is 2.70 bits per heavy atom. The molecule has 0 fully saturated rings. The van der Waals surface area contributed by atoms with E-state index < -0.39 is 0 Å². The molecule has 2 aromatic rings. The van der Waals surface area contributed by atoms with Gasteiger partial charge < -0.3 is 19.0 Å². The molecule has 0 aliphatic carbocycles. The number of benzene rings is 1. The molecule has 0 aliphatic heterocycles. The van der Waals surface area contributed by atoms with E-state index in [1.807, 2.05) is 25.1 Å². The summed E-state index contributed by atoms with van der Waals surface area (Å²) in [5.41, 5.74) is 0.936. The van der Waals surface area contributed by atoms with Gasteiger partial charge >= 0.3 is 0 Å². The van der Waals surface area contributed by atoms with Crippen molar-refractivity contribution in [2.75, 3.05) is 20.3 Å². The van der Waals surface area contributed by atoms with E-state index in [-0.39, 0.29) is 11.7 Å². The van der Waals surface area contributed by atoms with Gasteiger partial charge in [0, 0.05) is 31.9 Å². The van der Waals surface area contributed by atoms with Crippen molar-refractivity contribution < 1.29 is 19.0 Å². The lowest BCUT2D eigenvalue weighted by Gasteiger charge is -2.10. The summed E-state index contributed by atoms with van der Waals surface area (Å²) >= 11 is 6.25. The number of Topliss-reactive ketones (excluding diaryl/α,β-unsaturated/α-hetero) is 1. The van der Waals surface area contributed by atoms with Crippen LogP contribution in [0, 0.1) is 5.92 Å². The highest BCUT2D eigenvalue weighted by molar-refractivity contribution is 6.32. The first kappa shape index (κ1) is 20.9. The number of pyridine rings is 1. The maximum atomic E-state index is 11.1. The highest BCUT2D eigenvalue weighted by Crippen LogP contribution is 2.31. The zero-order chi connectivity index (χ0) is 19.6. The Morgan fingerprint density at radius 1 is 1.26 bits per heavy atom. The second-order valence-corrected chi connectivity index (χ2v) is 6.62. The van der Waals surface area contributed by atoms with Crippen molar-refractivity contribution in [3.63, 3.8) is 0 Å². The molecule has 1 aromatic carbocycles. The van der Waals surface area contributed by atoms with Crippen LogP contribution in [-0.4, -0.2) is 31.1 Å². The molecule has 5 nitrogen and oxygen atoms in total. The number of hydrogen-bond acceptors (Lipinski definition) is 5. The molecule has 0 spiro atoms. The molecule has 0 saturated heterocycles. The van der Waals surface area contributed by atoms with Crippen LogP contribution in [0.3, 0.4) is 0 Å². The summed E-state index contributed by atoms with van der Waals surface area (Å²) in [5, 5.41) is 0.439. The van der Waals surface area contributed by atoms with Gasteiger partial charge in [-0.2, -0.15) is 0 Å². The van der Waals surface area contributed by atoms with Crippen LogP contribution in [0.1, 0.15) is 25.8 Å². The number of hydrogen-bond donors (Lipinski definition) is 0. The first-order valence-corrected chi connectivity index (χ1v) is 9.08. The van der Waals surface area contributed by atoms with E-state index in [2.05, 4.69) is 4.98 Å². The molecule has 0 unspecified atom stereocenters. The number of halogens is 1. The summed E-state index contributed by atoms with van der Waals surface area (Å²) < 4.78 is 16.2. The van der Waals surface area contributed by atoms with Gasteiger partial charge in [0.15, 0.2) is 0 Å². The van der Waals surface area contributed by atoms with Crippen LogP contribution >= 0.6 is 11.6 Å². The minimum absolute atomic E-state index is 0.181. The third-order valence-corrected chi connectivity index (χ3v) is 3.96. The number of ether oxygens (including phenoxy) is 3. The first-order chi connectivity index (χ1) is 13.0. The zero-order valence-electron chi connectivity index (χ0n) is 15.8. The summed E-state index contributed by atoms with van der Waals surface area (Å²) in [6.07, 6.45) is 6.19. The number of methoxy groups -OCH3 is 1. The number of carbonyl (C=O) groups is 1. The molecule has 0 bridgehead atoms. The van der Waals surface area contributed by atoms with Crippen LogP contribution in [0.25, 0.3) is 6.08 Å². The van der Waals surface area contributed by atoms with E-state index in [1.165, 1.54) is 0 Å². The minimum Gasteiger partial charge on any atom is -0.491 e. The lowest BCUT2D eigenvalue weighted by Crippen LogP contribution is -2.04. The van der Waals surface area contributed by atoms with Crippen LogP contribution in [-0.2, 0) is 9.53 Å². The Labute approximate surface area is 164 Å². The second kappa shape index (κ2) is 10.7. The molecule has 2 rings (SSSR count). The molecule has 0 amide bonds. The number of rotatable bonds is 10. The zero-order valence-corrected chi connectivity index (χ0v) is 16.5. The molecule has 0 radical (unpaired) electrons. The molecule has 27 heavy (non-hydrogen) atoms. The Hall–Kier alpha value is -2.37. The maximum Gasteiger partial charge on any atom is 0.219 e. The van der Waals surface area contributed by atoms with Crippen molar-refractivity contribution in [3.8, 4) is 17.4 Å². The standard InChI is InChI=1S/C21H24ClNO4/c1-15(12-16(2)24)4-5-17-6-9-21(23-14-17)27-20-8-7-18(13-19(20)22)26-11-10-25-3/h4-9,13-15H,10-12H2,1-3H3/b5-4+/t15-/m0/s1. The maximum absolute atomic E-state index is 11.1. The number of ketones is 1. The topological polar surface area (TPSA) is 57.7 Å². The fourth-order valence-corrected chi connectivity index (χ4v) is 2.57. The van der Waals surface area contributed by atoms with Crippen molar-refractivity contribution in [3.05, 3.63) is 53.2 Å². The van der Waals surface area contributed by atoms with E-state index >= 15 is 0 Å². The molecule has 1 aromatic heterocycles. The number of aromatic nitrogens is 1. The summed E-state index contributed by atoms with van der Waals surface area (Å²) in [4.78, 5) is 15.4. The SMILES string of the molecule is COCCOc1ccc(Oc2ccc(/C=C/[C@H](C)CC(C)=O)cn2)c(Cl)c1. The Kier molecular flexibility index (Phi) is 8.30. The number of carbonyl (C=O) groups excluding carboxylic acids is 1. The predicted molar refractivity (Wildman–Crippen MR) is 107 cm³/mol. The van der Waals surface area contributed by atoms with E-state index in [9.17, 15) is 4.79 Å². The first-order valence-electron chi connectivity index (χ1n) is 8.70. The van der Waals surface area contributed by atoms with Crippen molar-refractivity contribution in [2.45, 2.75) is 20.3 Å². The lowest BCUT2D eigenvalue weighted by molar-refractivity contribution is -0.117. The van der Waals surface area contributed by atoms with Crippen LogP contribution in [0.4, 0.5) is 0 Å². The van der Waals surface area contributed by atoms with Crippen LogP contribution < -0.4 is 9.47 Å². The van der Waals surface area contributed by atoms with Crippen molar-refractivity contribution in [2.24, 2.45) is 5.92 Å². The largest absolute Gasteiger partial charge is 0.491 e. The highest BCUT2D eigenvalue weighted by Gasteiger charge is 2.07. The Bertz CT molecular complexity index is 774. The monoisotopic (exact) mass is 389 g/mol. The van der Waals surface area contributed by atoms with Gasteiger partial charge in [-0.25, -0.2) is 4.98 Å². The molecule has 0 aliphatic rings. The summed E-state index contributed by atoms with van der Waals surface area (Å²) in [6, 6.07) is 8.89. The van der Waals surface area contributed by atoms with E-state index in [4.69, 9.17) is 25.8 Å². The van der Waals surface area contributed by atoms with Gasteiger partial charge in [-0.15, -0.1) is 0 Å². The third kappa shape index (κ3) is 7.41. The van der Waals surface area contributed by atoms with E-state index in [0.29, 0.717) is 42.0 Å². The molecular weight excluding hydrogens is 366 g/mol. The summed E-state index contributed by atoms with van der Waals surface area (Å²) in [6.45, 7) is 4.57. The van der Waals surface area contributed by atoms with Gasteiger partial charge in [0.05, 0.1) is 11.6 Å². The van der Waals surface area contributed by atoms with Gasteiger partial charge in [0.1, 0.15) is 23.9 Å². The van der Waals surface area contributed by atoms with E-state index in [1.54, 1.807) is 44.5 Å². The summed E-state index contributed by atoms with van der Waals surface area (Å²) in [5.74, 6) is 1.97. The van der Waals surface area contributed by atoms with Crippen LogP contribution in [0.2, 0.25) is 5.02 Å². The number of nitrogens with zero attached hydrogens (tertiary/aromatic N) is 1. The molecule has 0 saturated carbocycles. The quantitative estimate of drug-likeness (QED) is 0.524. The molecule has 0 N–H and O–H groups in total. The van der Waals surface area contributed by atoms with Gasteiger partial charge in [-0.3, -0.25) is 0 Å². The van der Waals surface area contributed by atoms with Crippen molar-refractivity contribution in [1.29, 1.82) is 0 Å². The lowest BCUT2D eigenvalue weighted by atomic mass is 10.0. The van der Waals surface area contributed by atoms with Crippen molar-refractivity contribution in [1.82, 2.24) is 4.98 Å². The fourth-order valence-electron chi connectivity index (χ4n) is 2.36. The van der Waals surface area contributed by atoms with Crippen LogP contribution in [0.5, 0.6) is 17.4 Å². The van der Waals surface area contributed by atoms with Gasteiger partial charge in [-0.05, 0) is 36.6 Å². The molecule has 144 valence electrons. The van der Waals surface area contributed by atoms with Gasteiger partial charge in [0.2, 0.25) is 5.88 Å². The minimum atomic E-state index is 0.181.